The van der Waals surface area contributed by atoms with Crippen molar-refractivity contribution >= 4 is 5.82 Å². The third-order valence-electron chi connectivity index (χ3n) is 2.57. The Kier molecular flexibility index (Phi) is 2.90. The van der Waals surface area contributed by atoms with Crippen molar-refractivity contribution in [2.24, 2.45) is 0 Å². The number of hydrogen-bond donors (Lipinski definition) is 1. The Bertz CT molecular complexity index is 488. The molecule has 0 saturated heterocycles. The van der Waals surface area contributed by atoms with Crippen LogP contribution in [0, 0.1) is 0 Å². The third kappa shape index (κ3) is 1.91. The van der Waals surface area contributed by atoms with Crippen LogP contribution in [-0.4, -0.2) is 14.8 Å². The van der Waals surface area contributed by atoms with Crippen LogP contribution in [0.5, 0.6) is 0 Å². The van der Waals surface area contributed by atoms with Gasteiger partial charge >= 0.3 is 0 Å². The van der Waals surface area contributed by atoms with E-state index in [4.69, 9.17) is 5.73 Å². The molecule has 0 unspecified atom stereocenters. The van der Waals surface area contributed by atoms with Crippen molar-refractivity contribution in [3.63, 3.8) is 0 Å². The number of anilines is 1. The van der Waals surface area contributed by atoms with Crippen LogP contribution in [0.4, 0.5) is 5.82 Å². The van der Waals surface area contributed by atoms with Gasteiger partial charge in [-0.3, -0.25) is 0 Å². The summed E-state index contributed by atoms with van der Waals surface area (Å²) in [5.74, 6) is 0.521. The molecule has 2 rings (SSSR count). The van der Waals surface area contributed by atoms with Gasteiger partial charge in [0.15, 0.2) is 0 Å². The van der Waals surface area contributed by atoms with Crippen LogP contribution < -0.4 is 5.73 Å². The molecule has 2 aromatic heterocycles. The van der Waals surface area contributed by atoms with Crippen LogP contribution in [0.25, 0.3) is 5.69 Å². The number of nitrogen functional groups attached to an aromatic ring is 1. The summed E-state index contributed by atoms with van der Waals surface area (Å²) in [6.45, 7) is 4.23. The van der Waals surface area contributed by atoms with E-state index in [0.717, 1.165) is 24.2 Å². The van der Waals surface area contributed by atoms with Gasteiger partial charge < -0.3 is 5.73 Å². The van der Waals surface area contributed by atoms with Crippen LogP contribution in [0.2, 0.25) is 0 Å². The maximum absolute atomic E-state index is 5.67. The molecule has 0 amide bonds. The van der Waals surface area contributed by atoms with Crippen LogP contribution in [0.1, 0.15) is 25.2 Å². The second-order valence-electron chi connectivity index (χ2n) is 3.68. The van der Waals surface area contributed by atoms with Crippen LogP contribution in [-0.2, 0) is 12.8 Å². The Morgan fingerprint density at radius 2 is 2.06 bits per heavy atom. The van der Waals surface area contributed by atoms with E-state index >= 15 is 0 Å². The molecule has 2 N–H and O–H groups in total. The lowest BCUT2D eigenvalue weighted by Gasteiger charge is -2.05. The number of hydrogen-bond acceptors (Lipinski definition) is 3. The molecule has 2 aromatic rings. The summed E-state index contributed by atoms with van der Waals surface area (Å²) in [4.78, 5) is 3.98. The van der Waals surface area contributed by atoms with Gasteiger partial charge in [0.05, 0.1) is 11.4 Å². The van der Waals surface area contributed by atoms with Crippen molar-refractivity contribution in [1.82, 2.24) is 14.8 Å². The highest BCUT2D eigenvalue weighted by atomic mass is 15.3. The SMILES string of the molecule is CCc1cc(CC)n(-c2ccnc(N)c2)n1. The number of nitrogens with two attached hydrogens (primary N) is 1. The van der Waals surface area contributed by atoms with E-state index in [-0.39, 0.29) is 0 Å². The first-order chi connectivity index (χ1) is 7.74. The molecule has 0 bridgehead atoms. The first-order valence-corrected chi connectivity index (χ1v) is 5.54. The molecule has 0 fully saturated rings. The second-order valence-corrected chi connectivity index (χ2v) is 3.68. The van der Waals surface area contributed by atoms with Gasteiger partial charge in [0.1, 0.15) is 5.82 Å². The molecule has 0 spiro atoms. The van der Waals surface area contributed by atoms with Gasteiger partial charge in [-0.25, -0.2) is 9.67 Å². The van der Waals surface area contributed by atoms with Gasteiger partial charge in [0.25, 0.3) is 0 Å². The summed E-state index contributed by atoms with van der Waals surface area (Å²) in [6.07, 6.45) is 3.60. The minimum absolute atomic E-state index is 0.521. The summed E-state index contributed by atoms with van der Waals surface area (Å²) >= 11 is 0. The molecule has 4 heteroatoms. The van der Waals surface area contributed by atoms with Crippen molar-refractivity contribution < 1.29 is 0 Å². The highest BCUT2D eigenvalue weighted by molar-refractivity contribution is 5.42. The van der Waals surface area contributed by atoms with Crippen LogP contribution >= 0.6 is 0 Å². The zero-order valence-corrected chi connectivity index (χ0v) is 9.64. The minimum atomic E-state index is 0.521. The Morgan fingerprint density at radius 3 is 2.69 bits per heavy atom. The van der Waals surface area contributed by atoms with E-state index in [0.29, 0.717) is 5.82 Å². The van der Waals surface area contributed by atoms with Crippen molar-refractivity contribution in [3.05, 3.63) is 35.8 Å². The van der Waals surface area contributed by atoms with Gasteiger partial charge in [0.2, 0.25) is 0 Å². The van der Waals surface area contributed by atoms with E-state index < -0.39 is 0 Å². The molecule has 0 saturated carbocycles. The van der Waals surface area contributed by atoms with Crippen molar-refractivity contribution in [3.8, 4) is 5.69 Å². The van der Waals surface area contributed by atoms with E-state index in [1.807, 2.05) is 16.8 Å². The van der Waals surface area contributed by atoms with E-state index in [1.165, 1.54) is 5.69 Å². The number of nitrogens with zero attached hydrogens (tertiary/aromatic N) is 3. The number of aromatic nitrogens is 3. The Hall–Kier alpha value is -1.84. The molecule has 2 heterocycles. The lowest BCUT2D eigenvalue weighted by Crippen LogP contribution is -2.03. The molecule has 0 radical (unpaired) electrons. The Balaban J connectivity index is 2.50. The van der Waals surface area contributed by atoms with Gasteiger partial charge in [-0.2, -0.15) is 5.10 Å². The van der Waals surface area contributed by atoms with Gasteiger partial charge in [-0.15, -0.1) is 0 Å². The minimum Gasteiger partial charge on any atom is -0.384 e. The lowest BCUT2D eigenvalue weighted by atomic mass is 10.2. The van der Waals surface area contributed by atoms with Crippen LogP contribution in [0.15, 0.2) is 24.4 Å². The molecule has 0 aliphatic rings. The monoisotopic (exact) mass is 216 g/mol. The standard InChI is InChI=1S/C12H16N4/c1-3-9-7-10(4-2)16(15-9)11-5-6-14-12(13)8-11/h5-8H,3-4H2,1-2H3,(H2,13,14). The zero-order valence-electron chi connectivity index (χ0n) is 9.64. The largest absolute Gasteiger partial charge is 0.384 e. The number of rotatable bonds is 3. The fraction of sp³-hybridized carbons (Fsp3) is 0.333. The third-order valence-corrected chi connectivity index (χ3v) is 2.57. The zero-order chi connectivity index (χ0) is 11.5. The first kappa shape index (κ1) is 10.7. The van der Waals surface area contributed by atoms with E-state index in [1.54, 1.807) is 6.20 Å². The van der Waals surface area contributed by atoms with Gasteiger partial charge in [-0.05, 0) is 25.0 Å². The summed E-state index contributed by atoms with van der Waals surface area (Å²) in [5, 5.41) is 4.54. The topological polar surface area (TPSA) is 56.7 Å². The fourth-order valence-electron chi connectivity index (χ4n) is 1.69. The summed E-state index contributed by atoms with van der Waals surface area (Å²) < 4.78 is 1.94. The predicted octanol–water partition coefficient (Wildman–Crippen LogP) is 1.97. The molecule has 0 aliphatic carbocycles. The highest BCUT2D eigenvalue weighted by Gasteiger charge is 2.07. The maximum Gasteiger partial charge on any atom is 0.125 e. The average Bonchev–Trinajstić information content (AvgIpc) is 2.72. The molecular weight excluding hydrogens is 200 g/mol. The second kappa shape index (κ2) is 4.35. The molecule has 4 nitrogen and oxygen atoms in total. The average molecular weight is 216 g/mol. The number of aryl methyl sites for hydroxylation is 2. The molecule has 0 aliphatic heterocycles. The summed E-state index contributed by atoms with van der Waals surface area (Å²) in [5.41, 5.74) is 8.95. The van der Waals surface area contributed by atoms with E-state index in [2.05, 4.69) is 30.0 Å². The normalized spacial score (nSPS) is 10.6. The lowest BCUT2D eigenvalue weighted by molar-refractivity contribution is 0.793. The first-order valence-electron chi connectivity index (χ1n) is 5.54. The fourth-order valence-corrected chi connectivity index (χ4v) is 1.69. The molecule has 16 heavy (non-hydrogen) atoms. The molecular formula is C12H16N4. The Morgan fingerprint density at radius 1 is 1.25 bits per heavy atom. The smallest absolute Gasteiger partial charge is 0.125 e. The highest BCUT2D eigenvalue weighted by Crippen LogP contribution is 2.14. The van der Waals surface area contributed by atoms with Crippen LogP contribution in [0.3, 0.4) is 0 Å². The van der Waals surface area contributed by atoms with Gasteiger partial charge in [-0.1, -0.05) is 13.8 Å². The Labute approximate surface area is 95.1 Å². The van der Waals surface area contributed by atoms with Gasteiger partial charge in [0, 0.05) is 18.0 Å². The van der Waals surface area contributed by atoms with E-state index in [9.17, 15) is 0 Å². The maximum atomic E-state index is 5.67. The molecule has 0 aromatic carbocycles. The van der Waals surface area contributed by atoms with Crippen molar-refractivity contribution in [2.75, 3.05) is 5.73 Å². The number of pyridine rings is 1. The molecule has 84 valence electrons. The van der Waals surface area contributed by atoms with Crippen molar-refractivity contribution in [1.29, 1.82) is 0 Å². The predicted molar refractivity (Wildman–Crippen MR) is 64.5 cm³/mol. The summed E-state index contributed by atoms with van der Waals surface area (Å²) in [6, 6.07) is 5.89. The quantitative estimate of drug-likeness (QED) is 0.853. The molecule has 0 atom stereocenters. The summed E-state index contributed by atoms with van der Waals surface area (Å²) in [7, 11) is 0. The van der Waals surface area contributed by atoms with Crippen molar-refractivity contribution in [2.45, 2.75) is 26.7 Å².